The summed E-state index contributed by atoms with van der Waals surface area (Å²) in [5.74, 6) is -0.396. The van der Waals surface area contributed by atoms with Gasteiger partial charge in [0.25, 0.3) is 11.6 Å². The standard InChI is InChI=1S/C13H20N4O3.ClH/c1-3-4-15-5-6-16-13(18)10-7-9(2)8-11(12(10)14)17(19)20;/h7-8,15H,3-6,14H2,1-2H3,(H,16,18);1H. The van der Waals surface area contributed by atoms with Gasteiger partial charge in [-0.25, -0.2) is 0 Å². The third-order valence-electron chi connectivity index (χ3n) is 2.76. The highest BCUT2D eigenvalue weighted by Crippen LogP contribution is 2.26. The van der Waals surface area contributed by atoms with E-state index in [1.54, 1.807) is 13.0 Å². The monoisotopic (exact) mass is 316 g/mol. The van der Waals surface area contributed by atoms with Crippen molar-refractivity contribution in [1.29, 1.82) is 0 Å². The molecule has 0 bridgehead atoms. The number of nitro benzene ring substituents is 1. The van der Waals surface area contributed by atoms with Crippen molar-refractivity contribution in [2.24, 2.45) is 0 Å². The van der Waals surface area contributed by atoms with E-state index < -0.39 is 10.8 Å². The molecule has 0 saturated carbocycles. The van der Waals surface area contributed by atoms with Crippen molar-refractivity contribution in [2.45, 2.75) is 20.3 Å². The highest BCUT2D eigenvalue weighted by atomic mass is 35.5. The van der Waals surface area contributed by atoms with Crippen LogP contribution in [-0.4, -0.2) is 30.5 Å². The lowest BCUT2D eigenvalue weighted by molar-refractivity contribution is -0.384. The van der Waals surface area contributed by atoms with E-state index in [0.717, 1.165) is 13.0 Å². The molecule has 0 aromatic heterocycles. The molecule has 0 aliphatic rings. The summed E-state index contributed by atoms with van der Waals surface area (Å²) in [5.41, 5.74) is 6.12. The molecule has 1 aromatic rings. The normalized spacial score (nSPS) is 9.81. The second-order valence-electron chi connectivity index (χ2n) is 4.51. The summed E-state index contributed by atoms with van der Waals surface area (Å²) >= 11 is 0. The summed E-state index contributed by atoms with van der Waals surface area (Å²) in [6.07, 6.45) is 1.02. The van der Waals surface area contributed by atoms with Gasteiger partial charge < -0.3 is 16.4 Å². The highest BCUT2D eigenvalue weighted by Gasteiger charge is 2.20. The first-order chi connectivity index (χ1) is 9.47. The Labute approximate surface area is 129 Å². The fourth-order valence-electron chi connectivity index (χ4n) is 1.78. The van der Waals surface area contributed by atoms with Crippen molar-refractivity contribution in [3.05, 3.63) is 33.4 Å². The molecular weight excluding hydrogens is 296 g/mol. The number of rotatable bonds is 7. The van der Waals surface area contributed by atoms with E-state index in [9.17, 15) is 14.9 Å². The minimum absolute atomic E-state index is 0. The fourth-order valence-corrected chi connectivity index (χ4v) is 1.78. The minimum Gasteiger partial charge on any atom is -0.393 e. The molecule has 0 heterocycles. The predicted octanol–water partition coefficient (Wildman–Crippen LogP) is 1.64. The molecule has 1 aromatic carbocycles. The predicted molar refractivity (Wildman–Crippen MR) is 85.0 cm³/mol. The lowest BCUT2D eigenvalue weighted by atomic mass is 10.1. The lowest BCUT2D eigenvalue weighted by Gasteiger charge is -2.09. The van der Waals surface area contributed by atoms with Crippen LogP contribution in [0, 0.1) is 17.0 Å². The van der Waals surface area contributed by atoms with Gasteiger partial charge in [0.1, 0.15) is 5.69 Å². The van der Waals surface area contributed by atoms with Crippen LogP contribution < -0.4 is 16.4 Å². The number of amides is 1. The molecule has 21 heavy (non-hydrogen) atoms. The number of halogens is 1. The Morgan fingerprint density at radius 3 is 2.57 bits per heavy atom. The number of nitrogens with zero attached hydrogens (tertiary/aromatic N) is 1. The number of nitrogen functional groups attached to an aromatic ring is 1. The second-order valence-corrected chi connectivity index (χ2v) is 4.51. The molecule has 7 nitrogen and oxygen atoms in total. The zero-order chi connectivity index (χ0) is 15.1. The number of nitrogens with one attached hydrogen (secondary N) is 2. The Bertz CT molecular complexity index is 508. The second kappa shape index (κ2) is 9.15. The minimum atomic E-state index is -0.581. The summed E-state index contributed by atoms with van der Waals surface area (Å²) in [6, 6.07) is 2.91. The van der Waals surface area contributed by atoms with Crippen molar-refractivity contribution in [2.75, 3.05) is 25.4 Å². The van der Waals surface area contributed by atoms with E-state index in [1.807, 2.05) is 0 Å². The van der Waals surface area contributed by atoms with E-state index in [-0.39, 0.29) is 29.3 Å². The van der Waals surface area contributed by atoms with Gasteiger partial charge in [-0.1, -0.05) is 6.92 Å². The zero-order valence-electron chi connectivity index (χ0n) is 12.1. The SMILES string of the molecule is CCCNCCNC(=O)c1cc(C)cc([N+](=O)[O-])c1N.Cl. The zero-order valence-corrected chi connectivity index (χ0v) is 13.0. The van der Waals surface area contributed by atoms with Crippen molar-refractivity contribution in [1.82, 2.24) is 10.6 Å². The maximum Gasteiger partial charge on any atom is 0.293 e. The molecule has 118 valence electrons. The molecule has 8 heteroatoms. The largest absolute Gasteiger partial charge is 0.393 e. The summed E-state index contributed by atoms with van der Waals surface area (Å²) in [4.78, 5) is 22.3. The summed E-state index contributed by atoms with van der Waals surface area (Å²) in [6.45, 7) is 5.71. The molecule has 0 unspecified atom stereocenters. The Kier molecular flexibility index (Phi) is 8.34. The molecule has 1 amide bonds. The van der Waals surface area contributed by atoms with Crippen LogP contribution in [0.4, 0.5) is 11.4 Å². The van der Waals surface area contributed by atoms with Crippen LogP contribution in [0.15, 0.2) is 12.1 Å². The Morgan fingerprint density at radius 1 is 1.33 bits per heavy atom. The first-order valence-corrected chi connectivity index (χ1v) is 6.50. The smallest absolute Gasteiger partial charge is 0.293 e. The van der Waals surface area contributed by atoms with Crippen LogP contribution in [0.3, 0.4) is 0 Å². The van der Waals surface area contributed by atoms with Crippen molar-refractivity contribution in [3.63, 3.8) is 0 Å². The molecule has 1 rings (SSSR count). The van der Waals surface area contributed by atoms with Gasteiger partial charge in [0.15, 0.2) is 0 Å². The molecule has 0 aliphatic carbocycles. The molecule has 0 spiro atoms. The molecule has 0 atom stereocenters. The van der Waals surface area contributed by atoms with Crippen LogP contribution in [-0.2, 0) is 0 Å². The van der Waals surface area contributed by atoms with E-state index in [1.165, 1.54) is 6.07 Å². The third-order valence-corrected chi connectivity index (χ3v) is 2.76. The van der Waals surface area contributed by atoms with Gasteiger partial charge in [-0.15, -0.1) is 12.4 Å². The van der Waals surface area contributed by atoms with Crippen LogP contribution in [0.25, 0.3) is 0 Å². The van der Waals surface area contributed by atoms with Gasteiger partial charge >= 0.3 is 0 Å². The number of benzene rings is 1. The van der Waals surface area contributed by atoms with Crippen molar-refractivity contribution < 1.29 is 9.72 Å². The number of nitro groups is 1. The average molecular weight is 317 g/mol. The van der Waals surface area contributed by atoms with Crippen molar-refractivity contribution in [3.8, 4) is 0 Å². The topological polar surface area (TPSA) is 110 Å². The first-order valence-electron chi connectivity index (χ1n) is 6.50. The third kappa shape index (κ3) is 5.57. The van der Waals surface area contributed by atoms with Crippen LogP contribution in [0.2, 0.25) is 0 Å². The van der Waals surface area contributed by atoms with Crippen LogP contribution in [0.5, 0.6) is 0 Å². The van der Waals surface area contributed by atoms with Gasteiger partial charge in [0, 0.05) is 19.2 Å². The maximum absolute atomic E-state index is 12.0. The molecule has 0 fully saturated rings. The quantitative estimate of drug-likeness (QED) is 0.306. The van der Waals surface area contributed by atoms with E-state index in [4.69, 9.17) is 5.73 Å². The van der Waals surface area contributed by atoms with Gasteiger partial charge in [0.2, 0.25) is 0 Å². The molecule has 0 radical (unpaired) electrons. The Balaban J connectivity index is 0.00000400. The van der Waals surface area contributed by atoms with Crippen LogP contribution in [0.1, 0.15) is 29.3 Å². The summed E-state index contributed by atoms with van der Waals surface area (Å²) in [5, 5.41) is 16.7. The van der Waals surface area contributed by atoms with Gasteiger partial charge in [0.05, 0.1) is 10.5 Å². The number of carbonyl (C=O) groups is 1. The average Bonchev–Trinajstić information content (AvgIpc) is 2.40. The molecule has 0 saturated heterocycles. The molecule has 4 N–H and O–H groups in total. The Morgan fingerprint density at radius 2 is 2.00 bits per heavy atom. The fraction of sp³-hybridized carbons (Fsp3) is 0.462. The Hall–Kier alpha value is -1.86. The highest BCUT2D eigenvalue weighted by molar-refractivity contribution is 6.01. The van der Waals surface area contributed by atoms with Crippen molar-refractivity contribution >= 4 is 29.7 Å². The number of hydrogen-bond acceptors (Lipinski definition) is 5. The maximum atomic E-state index is 12.0. The summed E-state index contributed by atoms with van der Waals surface area (Å²) < 4.78 is 0. The number of anilines is 1. The molecular formula is C13H21ClN4O3. The lowest BCUT2D eigenvalue weighted by Crippen LogP contribution is -2.32. The van der Waals surface area contributed by atoms with E-state index >= 15 is 0 Å². The van der Waals surface area contributed by atoms with E-state index in [2.05, 4.69) is 17.6 Å². The first kappa shape index (κ1) is 19.1. The van der Waals surface area contributed by atoms with Gasteiger partial charge in [-0.2, -0.15) is 0 Å². The van der Waals surface area contributed by atoms with Gasteiger partial charge in [-0.3, -0.25) is 14.9 Å². The van der Waals surface area contributed by atoms with E-state index in [0.29, 0.717) is 18.7 Å². The van der Waals surface area contributed by atoms with Gasteiger partial charge in [-0.05, 0) is 31.5 Å². The number of aryl methyl sites for hydroxylation is 1. The number of nitrogens with two attached hydrogens (primary N) is 1. The molecule has 0 aliphatic heterocycles. The number of hydrogen-bond donors (Lipinski definition) is 3. The number of carbonyl (C=O) groups excluding carboxylic acids is 1. The van der Waals surface area contributed by atoms with Crippen LogP contribution >= 0.6 is 12.4 Å². The summed E-state index contributed by atoms with van der Waals surface area (Å²) in [7, 11) is 0.